The van der Waals surface area contributed by atoms with Crippen molar-refractivity contribution < 1.29 is 33.8 Å². The maximum Gasteiger partial charge on any atom is 0.309 e. The fourth-order valence-electron chi connectivity index (χ4n) is 6.45. The van der Waals surface area contributed by atoms with E-state index in [0.29, 0.717) is 24.3 Å². The molecule has 3 amide bonds. The molecule has 0 aromatic carbocycles. The number of likely N-dealkylation sites (N-methyl/N-ethyl adjacent to an activating group) is 2. The van der Waals surface area contributed by atoms with Crippen LogP contribution in [0.2, 0.25) is 0 Å². The number of nitrogens with one attached hydrogen (secondary N) is 2. The molecule has 1 aliphatic carbocycles. The summed E-state index contributed by atoms with van der Waals surface area (Å²) in [5, 5.41) is 17.4. The van der Waals surface area contributed by atoms with Crippen molar-refractivity contribution in [3.8, 4) is 0 Å². The highest BCUT2D eigenvalue weighted by atomic mass is 32.1. The number of aromatic nitrogens is 1. The van der Waals surface area contributed by atoms with Crippen molar-refractivity contribution in [3.05, 3.63) is 16.1 Å². The van der Waals surface area contributed by atoms with E-state index >= 15 is 0 Å². The molecule has 12 nitrogen and oxygen atoms in total. The zero-order chi connectivity index (χ0) is 33.6. The lowest BCUT2D eigenvalue weighted by Crippen LogP contribution is -2.57. The molecule has 2 heterocycles. The minimum absolute atomic E-state index is 0.0283. The number of rotatable bonds is 14. The van der Waals surface area contributed by atoms with Gasteiger partial charge in [-0.05, 0) is 57.5 Å². The molecule has 1 aliphatic heterocycles. The number of ether oxygens (including phenoxy) is 1. The number of nitrogens with zero attached hydrogens (tertiary/aromatic N) is 3. The zero-order valence-corrected chi connectivity index (χ0v) is 28.7. The van der Waals surface area contributed by atoms with Gasteiger partial charge in [-0.2, -0.15) is 0 Å². The van der Waals surface area contributed by atoms with Crippen LogP contribution in [0.25, 0.3) is 0 Å². The van der Waals surface area contributed by atoms with Crippen LogP contribution in [0.5, 0.6) is 0 Å². The maximum absolute atomic E-state index is 13.9. The van der Waals surface area contributed by atoms with E-state index in [4.69, 9.17) is 4.74 Å². The van der Waals surface area contributed by atoms with E-state index in [-0.39, 0.29) is 53.9 Å². The predicted octanol–water partition coefficient (Wildman–Crippen LogP) is 3.62. The Morgan fingerprint density at radius 1 is 1.16 bits per heavy atom. The number of thiazole rings is 1. The van der Waals surface area contributed by atoms with Crippen LogP contribution in [0, 0.1) is 17.3 Å². The SMILES string of the molecule is CCC1(C(=O)O)CC(NC(=O)c2csc([C@@H](C[C@H](C(C)C)N(C)C(=O)[C@@H](NC(=O)C3CCCCN3C)C(C)C)OC(C)=O)n2)C1. The smallest absolute Gasteiger partial charge is 0.309 e. The third-order valence-corrected chi connectivity index (χ3v) is 10.4. The molecule has 3 N–H and O–H groups in total. The second-order valence-corrected chi connectivity index (χ2v) is 14.3. The van der Waals surface area contributed by atoms with E-state index in [1.165, 1.54) is 18.3 Å². The van der Waals surface area contributed by atoms with Crippen LogP contribution < -0.4 is 10.6 Å². The summed E-state index contributed by atoms with van der Waals surface area (Å²) in [6, 6.07) is -1.60. The van der Waals surface area contributed by atoms with E-state index in [1.807, 2.05) is 46.6 Å². The molecule has 2 fully saturated rings. The van der Waals surface area contributed by atoms with Crippen molar-refractivity contribution in [3.63, 3.8) is 0 Å². The van der Waals surface area contributed by atoms with E-state index in [9.17, 15) is 29.1 Å². The van der Waals surface area contributed by atoms with Gasteiger partial charge in [0.05, 0.1) is 11.5 Å². The lowest BCUT2D eigenvalue weighted by molar-refractivity contribution is -0.156. The number of likely N-dealkylation sites (tertiary alicyclic amines) is 1. The average Bonchev–Trinajstić information content (AvgIpc) is 3.44. The van der Waals surface area contributed by atoms with Crippen molar-refractivity contribution in [2.75, 3.05) is 20.6 Å². The van der Waals surface area contributed by atoms with Gasteiger partial charge in [0.25, 0.3) is 5.91 Å². The molecule has 4 atom stereocenters. The predicted molar refractivity (Wildman–Crippen MR) is 171 cm³/mol. The monoisotopic (exact) mass is 649 g/mol. The van der Waals surface area contributed by atoms with Gasteiger partial charge in [0.1, 0.15) is 16.7 Å². The van der Waals surface area contributed by atoms with Crippen molar-refractivity contribution >= 4 is 41.0 Å². The van der Waals surface area contributed by atoms with Gasteiger partial charge in [-0.15, -0.1) is 11.3 Å². The van der Waals surface area contributed by atoms with E-state index in [1.54, 1.807) is 17.3 Å². The van der Waals surface area contributed by atoms with E-state index in [0.717, 1.165) is 25.8 Å². The largest absolute Gasteiger partial charge is 0.481 e. The van der Waals surface area contributed by atoms with Gasteiger partial charge >= 0.3 is 11.9 Å². The van der Waals surface area contributed by atoms with Crippen molar-refractivity contribution in [2.45, 2.75) is 117 Å². The van der Waals surface area contributed by atoms with E-state index < -0.39 is 35.4 Å². The molecular formula is C32H51N5O7S. The molecule has 1 aromatic rings. The molecule has 1 unspecified atom stereocenters. The van der Waals surface area contributed by atoms with Gasteiger partial charge in [-0.3, -0.25) is 28.9 Å². The molecule has 0 spiro atoms. The molecule has 45 heavy (non-hydrogen) atoms. The molecule has 13 heteroatoms. The number of carbonyl (C=O) groups excluding carboxylic acids is 4. The van der Waals surface area contributed by atoms with Crippen LogP contribution in [0.1, 0.15) is 108 Å². The normalized spacial score (nSPS) is 23.9. The van der Waals surface area contributed by atoms with Gasteiger partial charge in [0, 0.05) is 37.9 Å². The Morgan fingerprint density at radius 2 is 1.82 bits per heavy atom. The van der Waals surface area contributed by atoms with Crippen molar-refractivity contribution in [2.24, 2.45) is 17.3 Å². The van der Waals surface area contributed by atoms with Crippen LogP contribution in [0.15, 0.2) is 5.38 Å². The molecular weight excluding hydrogens is 598 g/mol. The van der Waals surface area contributed by atoms with E-state index in [2.05, 4.69) is 15.6 Å². The first-order chi connectivity index (χ1) is 21.1. The standard InChI is InChI=1S/C32H51N5O7S/c1-9-32(31(42)43)15-21(16-32)33-27(39)22-17-45-29(34-22)25(44-20(6)38)14-24(18(2)3)37(8)30(41)26(19(4)5)35-28(40)23-12-10-11-13-36(23)7/h17-19,21,23-26H,9-16H2,1-8H3,(H,33,39)(H,35,40)(H,42,43)/t21?,23?,24-,25-,26+,32?/m1/s1. The first-order valence-electron chi connectivity index (χ1n) is 16.0. The van der Waals surface area contributed by atoms with Crippen LogP contribution in [0.3, 0.4) is 0 Å². The molecule has 1 saturated carbocycles. The number of carboxylic acid groups (broad SMARTS) is 1. The fourth-order valence-corrected chi connectivity index (χ4v) is 7.29. The zero-order valence-electron chi connectivity index (χ0n) is 27.9. The third-order valence-electron chi connectivity index (χ3n) is 9.45. The summed E-state index contributed by atoms with van der Waals surface area (Å²) < 4.78 is 5.68. The molecule has 1 saturated heterocycles. The van der Waals surface area contributed by atoms with Crippen molar-refractivity contribution in [1.82, 2.24) is 25.4 Å². The summed E-state index contributed by atoms with van der Waals surface area (Å²) in [5.74, 6) is -2.32. The number of amides is 3. The number of aliphatic carboxylic acids is 1. The first-order valence-corrected chi connectivity index (χ1v) is 16.9. The van der Waals surface area contributed by atoms with Crippen LogP contribution in [-0.4, -0.2) is 94.4 Å². The first kappa shape index (κ1) is 36.4. The quantitative estimate of drug-likeness (QED) is 0.256. The molecule has 2 aliphatic rings. The highest BCUT2D eigenvalue weighted by Crippen LogP contribution is 2.44. The summed E-state index contributed by atoms with van der Waals surface area (Å²) in [7, 11) is 3.64. The van der Waals surface area contributed by atoms with Gasteiger partial charge < -0.3 is 25.4 Å². The third kappa shape index (κ3) is 8.81. The Hall–Kier alpha value is -3.06. The van der Waals surface area contributed by atoms with Gasteiger partial charge in [0.15, 0.2) is 6.10 Å². The summed E-state index contributed by atoms with van der Waals surface area (Å²) >= 11 is 1.19. The molecule has 3 rings (SSSR count). The fraction of sp³-hybridized carbons (Fsp3) is 0.750. The van der Waals surface area contributed by atoms with Gasteiger partial charge in [-0.25, -0.2) is 4.98 Å². The second kappa shape index (κ2) is 15.5. The Labute approximate surface area is 270 Å². The average molecular weight is 650 g/mol. The number of carbonyl (C=O) groups is 5. The number of hydrogen-bond donors (Lipinski definition) is 3. The Bertz CT molecular complexity index is 1230. The number of carboxylic acids is 1. The lowest BCUT2D eigenvalue weighted by atomic mass is 9.64. The molecule has 1 aromatic heterocycles. The summed E-state index contributed by atoms with van der Waals surface area (Å²) in [4.78, 5) is 72.0. The number of esters is 1. The topological polar surface area (TPSA) is 158 Å². The molecule has 252 valence electrons. The van der Waals surface area contributed by atoms with Gasteiger partial charge in [0.2, 0.25) is 11.8 Å². The summed E-state index contributed by atoms with van der Waals surface area (Å²) in [6.45, 7) is 11.7. The summed E-state index contributed by atoms with van der Waals surface area (Å²) in [6.07, 6.45) is 3.45. The molecule has 0 bridgehead atoms. The van der Waals surface area contributed by atoms with Gasteiger partial charge in [-0.1, -0.05) is 41.0 Å². The Kier molecular flexibility index (Phi) is 12.5. The minimum Gasteiger partial charge on any atom is -0.481 e. The summed E-state index contributed by atoms with van der Waals surface area (Å²) in [5.41, 5.74) is -0.637. The highest BCUT2D eigenvalue weighted by molar-refractivity contribution is 7.09. The number of hydrogen-bond acceptors (Lipinski definition) is 9. The number of piperidine rings is 1. The van der Waals surface area contributed by atoms with Crippen LogP contribution >= 0.6 is 11.3 Å². The van der Waals surface area contributed by atoms with Crippen molar-refractivity contribution in [1.29, 1.82) is 0 Å². The molecule has 0 radical (unpaired) electrons. The lowest BCUT2D eigenvalue weighted by Gasteiger charge is -2.44. The maximum atomic E-state index is 13.9. The van der Waals surface area contributed by atoms with Crippen LogP contribution in [-0.2, 0) is 23.9 Å². The Morgan fingerprint density at radius 3 is 2.36 bits per heavy atom. The Balaban J connectivity index is 1.73. The highest BCUT2D eigenvalue weighted by Gasteiger charge is 2.49. The van der Waals surface area contributed by atoms with Crippen LogP contribution in [0.4, 0.5) is 0 Å². The minimum atomic E-state index is -0.849. The second-order valence-electron chi connectivity index (χ2n) is 13.4.